The zero-order chi connectivity index (χ0) is 19.3. The van der Waals surface area contributed by atoms with Gasteiger partial charge in [-0.1, -0.05) is 42.8 Å². The Labute approximate surface area is 165 Å². The van der Waals surface area contributed by atoms with E-state index in [1.54, 1.807) is 6.08 Å². The summed E-state index contributed by atoms with van der Waals surface area (Å²) in [7, 11) is 0. The van der Waals surface area contributed by atoms with E-state index >= 15 is 0 Å². The van der Waals surface area contributed by atoms with Crippen LogP contribution >= 0.6 is 0 Å². The highest BCUT2D eigenvalue weighted by Crippen LogP contribution is 2.27. The number of aromatic nitrogens is 2. The second kappa shape index (κ2) is 8.40. The Hall–Kier alpha value is -2.92. The number of amides is 1. The lowest BCUT2D eigenvalue weighted by atomic mass is 10.1. The van der Waals surface area contributed by atoms with Gasteiger partial charge in [0.2, 0.25) is 0 Å². The minimum atomic E-state index is -0.0966. The summed E-state index contributed by atoms with van der Waals surface area (Å²) in [5.41, 5.74) is 4.74. The van der Waals surface area contributed by atoms with Crippen molar-refractivity contribution in [2.45, 2.75) is 25.8 Å². The first kappa shape index (κ1) is 18.4. The number of pyridine rings is 1. The first-order valence-corrected chi connectivity index (χ1v) is 9.94. The van der Waals surface area contributed by atoms with Crippen molar-refractivity contribution in [1.29, 1.82) is 0 Å². The Morgan fingerprint density at radius 2 is 1.89 bits per heavy atom. The van der Waals surface area contributed by atoms with Crippen LogP contribution in [-0.4, -0.2) is 39.8 Å². The Kier molecular flexibility index (Phi) is 5.53. The summed E-state index contributed by atoms with van der Waals surface area (Å²) in [6.07, 6.45) is 7.39. The van der Waals surface area contributed by atoms with Gasteiger partial charge in [0.15, 0.2) is 0 Å². The lowest BCUT2D eigenvalue weighted by molar-refractivity contribution is 0.0957. The minimum absolute atomic E-state index is 0.0966. The quantitative estimate of drug-likeness (QED) is 0.666. The molecule has 0 saturated carbocycles. The number of hydrogen-bond acceptors (Lipinski definition) is 3. The Morgan fingerprint density at radius 3 is 2.64 bits per heavy atom. The van der Waals surface area contributed by atoms with Gasteiger partial charge in [-0.05, 0) is 38.1 Å². The second-order valence-electron chi connectivity index (χ2n) is 7.25. The van der Waals surface area contributed by atoms with Crippen LogP contribution in [0.15, 0.2) is 61.3 Å². The number of hydrogen-bond donors (Lipinski definition) is 1. The van der Waals surface area contributed by atoms with Crippen molar-refractivity contribution >= 4 is 11.6 Å². The van der Waals surface area contributed by atoms with Crippen LogP contribution < -0.4 is 5.32 Å². The van der Waals surface area contributed by atoms with E-state index in [1.807, 2.05) is 36.5 Å². The van der Waals surface area contributed by atoms with E-state index in [0.29, 0.717) is 12.1 Å². The van der Waals surface area contributed by atoms with E-state index in [2.05, 4.69) is 33.3 Å². The molecule has 2 aromatic heterocycles. The van der Waals surface area contributed by atoms with E-state index in [1.165, 1.54) is 19.3 Å². The predicted molar refractivity (Wildman–Crippen MR) is 112 cm³/mol. The maximum atomic E-state index is 12.4. The van der Waals surface area contributed by atoms with Crippen LogP contribution in [0.4, 0.5) is 0 Å². The van der Waals surface area contributed by atoms with Gasteiger partial charge in [-0.2, -0.15) is 0 Å². The molecule has 144 valence electrons. The average molecular weight is 374 g/mol. The molecule has 3 aromatic rings. The number of nitrogens with one attached hydrogen (secondary N) is 1. The van der Waals surface area contributed by atoms with Crippen molar-refractivity contribution < 1.29 is 4.79 Å². The Morgan fingerprint density at radius 1 is 1.11 bits per heavy atom. The molecular formula is C23H26N4O. The molecule has 28 heavy (non-hydrogen) atoms. The highest BCUT2D eigenvalue weighted by molar-refractivity contribution is 5.94. The summed E-state index contributed by atoms with van der Waals surface area (Å²) in [5, 5.41) is 2.85. The lowest BCUT2D eigenvalue weighted by Gasteiger charge is -2.26. The standard InChI is InChI=1S/C23H26N4O/c1-2-13-24-23(28)19-11-12-21-25-22(18-9-5-3-6-10-18)20(27(21)16-19)17-26-14-7-4-8-15-26/h2-3,5-6,9-12,16H,1,4,7-8,13-15,17H2,(H,24,28). The van der Waals surface area contributed by atoms with E-state index in [-0.39, 0.29) is 5.91 Å². The Balaban J connectivity index is 1.77. The van der Waals surface area contributed by atoms with Crippen molar-refractivity contribution in [1.82, 2.24) is 19.6 Å². The van der Waals surface area contributed by atoms with Crippen LogP contribution in [0.2, 0.25) is 0 Å². The molecule has 0 unspecified atom stereocenters. The first-order chi connectivity index (χ1) is 13.8. The second-order valence-corrected chi connectivity index (χ2v) is 7.25. The topological polar surface area (TPSA) is 49.6 Å². The van der Waals surface area contributed by atoms with Crippen LogP contribution in [0.3, 0.4) is 0 Å². The van der Waals surface area contributed by atoms with Crippen LogP contribution in [-0.2, 0) is 6.54 Å². The summed E-state index contributed by atoms with van der Waals surface area (Å²) >= 11 is 0. The fourth-order valence-corrected chi connectivity index (χ4v) is 3.80. The summed E-state index contributed by atoms with van der Waals surface area (Å²) in [6, 6.07) is 14.1. The number of carbonyl (C=O) groups is 1. The molecule has 0 bridgehead atoms. The highest BCUT2D eigenvalue weighted by atomic mass is 16.1. The predicted octanol–water partition coefficient (Wildman–Crippen LogP) is 3.90. The number of nitrogens with zero attached hydrogens (tertiary/aromatic N) is 3. The molecule has 5 nitrogen and oxygen atoms in total. The van der Waals surface area contributed by atoms with Gasteiger partial charge in [0.25, 0.3) is 5.91 Å². The molecule has 1 aliphatic rings. The van der Waals surface area contributed by atoms with E-state index in [4.69, 9.17) is 4.98 Å². The number of likely N-dealkylation sites (tertiary alicyclic amines) is 1. The molecule has 1 aromatic carbocycles. The third kappa shape index (κ3) is 3.85. The fourth-order valence-electron chi connectivity index (χ4n) is 3.80. The molecule has 1 fully saturated rings. The average Bonchev–Trinajstić information content (AvgIpc) is 3.11. The molecule has 0 spiro atoms. The molecule has 1 saturated heterocycles. The molecule has 3 heterocycles. The zero-order valence-electron chi connectivity index (χ0n) is 16.1. The summed E-state index contributed by atoms with van der Waals surface area (Å²) in [4.78, 5) is 19.8. The molecule has 4 rings (SSSR count). The van der Waals surface area contributed by atoms with Crippen LogP contribution in [0.5, 0.6) is 0 Å². The van der Waals surface area contributed by atoms with Gasteiger partial charge in [-0.15, -0.1) is 6.58 Å². The summed E-state index contributed by atoms with van der Waals surface area (Å²) in [5.74, 6) is -0.0966. The van der Waals surface area contributed by atoms with Crippen molar-refractivity contribution in [3.8, 4) is 11.3 Å². The first-order valence-electron chi connectivity index (χ1n) is 9.94. The van der Waals surface area contributed by atoms with Gasteiger partial charge >= 0.3 is 0 Å². The molecule has 5 heteroatoms. The number of carbonyl (C=O) groups excluding carboxylic acids is 1. The van der Waals surface area contributed by atoms with Gasteiger partial charge in [-0.25, -0.2) is 4.98 Å². The SMILES string of the molecule is C=CCNC(=O)c1ccc2nc(-c3ccccc3)c(CN3CCCCC3)n2c1. The van der Waals surface area contributed by atoms with Crippen molar-refractivity contribution in [2.75, 3.05) is 19.6 Å². The van der Waals surface area contributed by atoms with Crippen LogP contribution in [0, 0.1) is 0 Å². The largest absolute Gasteiger partial charge is 0.349 e. The lowest BCUT2D eigenvalue weighted by Crippen LogP contribution is -2.30. The number of imidazole rings is 1. The Bertz CT molecular complexity index is 971. The fraction of sp³-hybridized carbons (Fsp3) is 0.304. The van der Waals surface area contributed by atoms with Gasteiger partial charge in [0.1, 0.15) is 5.65 Å². The third-order valence-corrected chi connectivity index (χ3v) is 5.26. The monoisotopic (exact) mass is 374 g/mol. The van der Waals surface area contributed by atoms with Crippen molar-refractivity contribution in [2.24, 2.45) is 0 Å². The number of fused-ring (bicyclic) bond motifs is 1. The zero-order valence-corrected chi connectivity index (χ0v) is 16.1. The number of piperidine rings is 1. The van der Waals surface area contributed by atoms with E-state index in [9.17, 15) is 4.79 Å². The molecular weight excluding hydrogens is 348 g/mol. The normalized spacial score (nSPS) is 14.9. The van der Waals surface area contributed by atoms with Crippen LogP contribution in [0.1, 0.15) is 35.3 Å². The smallest absolute Gasteiger partial charge is 0.253 e. The van der Waals surface area contributed by atoms with Crippen molar-refractivity contribution in [3.05, 3.63) is 72.6 Å². The summed E-state index contributed by atoms with van der Waals surface area (Å²) < 4.78 is 2.08. The van der Waals surface area contributed by atoms with E-state index < -0.39 is 0 Å². The molecule has 0 atom stereocenters. The molecule has 0 aliphatic carbocycles. The molecule has 1 aliphatic heterocycles. The molecule has 1 N–H and O–H groups in total. The number of rotatable bonds is 6. The highest BCUT2D eigenvalue weighted by Gasteiger charge is 2.19. The van der Waals surface area contributed by atoms with Crippen molar-refractivity contribution in [3.63, 3.8) is 0 Å². The number of benzene rings is 1. The molecule has 0 radical (unpaired) electrons. The van der Waals surface area contributed by atoms with Gasteiger partial charge in [-0.3, -0.25) is 9.69 Å². The maximum Gasteiger partial charge on any atom is 0.253 e. The summed E-state index contributed by atoms with van der Waals surface area (Å²) in [6.45, 7) is 7.17. The maximum absolute atomic E-state index is 12.4. The van der Waals surface area contributed by atoms with Gasteiger partial charge < -0.3 is 9.72 Å². The minimum Gasteiger partial charge on any atom is -0.349 e. The van der Waals surface area contributed by atoms with Gasteiger partial charge in [0.05, 0.1) is 17.0 Å². The van der Waals surface area contributed by atoms with Gasteiger partial charge in [0, 0.05) is 24.8 Å². The van der Waals surface area contributed by atoms with Crippen LogP contribution in [0.25, 0.3) is 16.9 Å². The molecule has 1 amide bonds. The van der Waals surface area contributed by atoms with E-state index in [0.717, 1.165) is 42.2 Å². The third-order valence-electron chi connectivity index (χ3n) is 5.26.